The zero-order chi connectivity index (χ0) is 25.7. The number of ether oxygens (including phenoxy) is 2. The van der Waals surface area contributed by atoms with Crippen LogP contribution in [0.4, 0.5) is 18.0 Å². The van der Waals surface area contributed by atoms with Crippen LogP contribution in [0.2, 0.25) is 0 Å². The number of amides is 1. The number of benzene rings is 1. The average molecular weight is 494 g/mol. The lowest BCUT2D eigenvalue weighted by atomic mass is 10.1. The van der Waals surface area contributed by atoms with Gasteiger partial charge in [0.05, 0.1) is 42.4 Å². The Morgan fingerprint density at radius 2 is 1.89 bits per heavy atom. The lowest BCUT2D eigenvalue weighted by molar-refractivity contribution is -0.140. The van der Waals surface area contributed by atoms with Gasteiger partial charge in [-0.2, -0.15) is 13.2 Å². The van der Waals surface area contributed by atoms with Gasteiger partial charge in [-0.3, -0.25) is 0 Å². The molecule has 7 nitrogen and oxygen atoms in total. The number of alkyl halides is 3. The summed E-state index contributed by atoms with van der Waals surface area (Å²) in [6.45, 7) is 7.58. The lowest BCUT2D eigenvalue weighted by Gasteiger charge is -2.29. The molecular formula is C25H30F3N3O4. The molecule has 0 spiro atoms. The highest BCUT2D eigenvalue weighted by atomic mass is 19.4. The first kappa shape index (κ1) is 25.1. The van der Waals surface area contributed by atoms with Gasteiger partial charge >= 0.3 is 12.3 Å². The molecular weight excluding hydrogens is 463 g/mol. The minimum absolute atomic E-state index is 0.0395. The number of aliphatic hydroxyl groups is 1. The minimum atomic E-state index is -4.58. The Balaban J connectivity index is 1.83. The summed E-state index contributed by atoms with van der Waals surface area (Å²) in [7, 11) is 1.53. The molecule has 0 aliphatic carbocycles. The Labute approximate surface area is 201 Å². The van der Waals surface area contributed by atoms with Crippen LogP contribution in [0.3, 0.4) is 0 Å². The fourth-order valence-corrected chi connectivity index (χ4v) is 4.69. The van der Waals surface area contributed by atoms with Crippen molar-refractivity contribution in [1.29, 1.82) is 0 Å². The Kier molecular flexibility index (Phi) is 6.37. The maximum atomic E-state index is 13.4. The first-order valence-corrected chi connectivity index (χ1v) is 11.5. The van der Waals surface area contributed by atoms with E-state index in [0.717, 1.165) is 11.6 Å². The van der Waals surface area contributed by atoms with Crippen molar-refractivity contribution in [2.24, 2.45) is 0 Å². The lowest BCUT2D eigenvalue weighted by Crippen LogP contribution is -2.41. The molecule has 0 bridgehead atoms. The molecule has 1 aromatic carbocycles. The number of carbonyl (C=O) groups excluding carboxylic acids is 1. The number of nitrogens with zero attached hydrogens (tertiary/aromatic N) is 3. The van der Waals surface area contributed by atoms with Crippen LogP contribution in [0.15, 0.2) is 24.3 Å². The molecule has 1 fully saturated rings. The average Bonchev–Trinajstić information content (AvgIpc) is 2.91. The minimum Gasteiger partial charge on any atom is -0.496 e. The summed E-state index contributed by atoms with van der Waals surface area (Å²) < 4.78 is 53.1. The number of carbonyl (C=O) groups is 1. The van der Waals surface area contributed by atoms with E-state index in [4.69, 9.17) is 9.47 Å². The molecule has 4 rings (SSSR count). The second-order valence-corrected chi connectivity index (χ2v) is 9.97. The van der Waals surface area contributed by atoms with Crippen molar-refractivity contribution in [3.8, 4) is 5.75 Å². The van der Waals surface area contributed by atoms with Gasteiger partial charge in [0.15, 0.2) is 0 Å². The van der Waals surface area contributed by atoms with Gasteiger partial charge < -0.3 is 24.0 Å². The largest absolute Gasteiger partial charge is 0.496 e. The quantitative estimate of drug-likeness (QED) is 0.513. The standard InChI is InChI=1S/C25H30F3N3O4/c1-14-11-15-18(12-20(14)34-5)31(17-8-9-21(25(26,27)28)29-22(15)17)16-7-6-10-30(13-19(16)32)23(33)35-24(2,3)4/h8-9,11-12,16,19,32H,6-7,10,13H2,1-5H3/t16-,19-/m0/s1. The Morgan fingerprint density at radius 3 is 2.51 bits per heavy atom. The Bertz CT molecular complexity index is 1260. The molecule has 1 N–H and O–H groups in total. The van der Waals surface area contributed by atoms with Crippen molar-refractivity contribution in [3.05, 3.63) is 35.5 Å². The van der Waals surface area contributed by atoms with E-state index in [2.05, 4.69) is 4.98 Å². The molecule has 2 aromatic heterocycles. The van der Waals surface area contributed by atoms with Gasteiger partial charge in [0.2, 0.25) is 0 Å². The SMILES string of the molecule is COc1cc2c(cc1C)c1nc(C(F)(F)F)ccc1n2[C@H]1CCCN(C(=O)OC(C)(C)C)C[C@@H]1O. The second kappa shape index (κ2) is 8.89. The zero-order valence-corrected chi connectivity index (χ0v) is 20.4. The van der Waals surface area contributed by atoms with Crippen molar-refractivity contribution in [3.63, 3.8) is 0 Å². The smallest absolute Gasteiger partial charge is 0.433 e. The van der Waals surface area contributed by atoms with Crippen molar-refractivity contribution in [2.45, 2.75) is 64.5 Å². The normalized spacial score (nSPS) is 19.7. The number of aryl methyl sites for hydroxylation is 1. The van der Waals surface area contributed by atoms with Gasteiger partial charge in [0, 0.05) is 18.0 Å². The second-order valence-electron chi connectivity index (χ2n) is 9.97. The van der Waals surface area contributed by atoms with Crippen LogP contribution < -0.4 is 4.74 Å². The van der Waals surface area contributed by atoms with Gasteiger partial charge in [-0.15, -0.1) is 0 Å². The third kappa shape index (κ3) is 4.89. The number of halogens is 3. The number of β-amino-alcohol motifs (C(OH)–C–C–N with tert-alkyl or cyclic N) is 1. The summed E-state index contributed by atoms with van der Waals surface area (Å²) >= 11 is 0. The molecule has 0 saturated carbocycles. The number of fused-ring (bicyclic) bond motifs is 3. The number of pyridine rings is 1. The molecule has 1 aliphatic rings. The van der Waals surface area contributed by atoms with Crippen LogP contribution in [0, 0.1) is 6.92 Å². The Morgan fingerprint density at radius 1 is 1.17 bits per heavy atom. The van der Waals surface area contributed by atoms with Gasteiger partial charge in [-0.05, 0) is 64.3 Å². The van der Waals surface area contributed by atoms with Crippen molar-refractivity contribution >= 4 is 28.0 Å². The van der Waals surface area contributed by atoms with Gasteiger partial charge in [-0.25, -0.2) is 9.78 Å². The van der Waals surface area contributed by atoms with Gasteiger partial charge in [-0.1, -0.05) is 0 Å². The molecule has 3 aromatic rings. The molecule has 2 atom stereocenters. The van der Waals surface area contributed by atoms with Gasteiger partial charge in [0.1, 0.15) is 17.0 Å². The molecule has 190 valence electrons. The maximum Gasteiger partial charge on any atom is 0.433 e. The molecule has 1 aliphatic heterocycles. The van der Waals surface area contributed by atoms with E-state index in [1.54, 1.807) is 32.9 Å². The number of aromatic nitrogens is 2. The highest BCUT2D eigenvalue weighted by molar-refractivity contribution is 6.06. The molecule has 35 heavy (non-hydrogen) atoms. The Hall–Kier alpha value is -3.01. The van der Waals surface area contributed by atoms with E-state index in [1.165, 1.54) is 18.1 Å². The molecule has 0 radical (unpaired) electrons. The van der Waals surface area contributed by atoms with E-state index in [9.17, 15) is 23.1 Å². The van der Waals surface area contributed by atoms with E-state index < -0.39 is 35.7 Å². The molecule has 10 heteroatoms. The van der Waals surface area contributed by atoms with Crippen LogP contribution in [0.1, 0.15) is 50.9 Å². The van der Waals surface area contributed by atoms with Crippen LogP contribution in [-0.2, 0) is 10.9 Å². The van der Waals surface area contributed by atoms with Crippen molar-refractivity contribution in [2.75, 3.05) is 20.2 Å². The number of hydrogen-bond acceptors (Lipinski definition) is 5. The topological polar surface area (TPSA) is 76.8 Å². The van der Waals surface area contributed by atoms with E-state index in [-0.39, 0.29) is 12.1 Å². The predicted octanol–water partition coefficient (Wildman–Crippen LogP) is 5.46. The third-order valence-electron chi connectivity index (χ3n) is 6.21. The molecule has 3 heterocycles. The highest BCUT2D eigenvalue weighted by Crippen LogP contribution is 2.39. The first-order valence-electron chi connectivity index (χ1n) is 11.5. The summed E-state index contributed by atoms with van der Waals surface area (Å²) in [6, 6.07) is 5.39. The first-order chi connectivity index (χ1) is 16.3. The van der Waals surface area contributed by atoms with E-state index >= 15 is 0 Å². The summed E-state index contributed by atoms with van der Waals surface area (Å²) in [5, 5.41) is 11.8. The van der Waals surface area contributed by atoms with Crippen LogP contribution in [0.25, 0.3) is 21.9 Å². The van der Waals surface area contributed by atoms with E-state index in [1.807, 2.05) is 11.5 Å². The van der Waals surface area contributed by atoms with Crippen LogP contribution in [-0.4, -0.2) is 57.6 Å². The fraction of sp³-hybridized carbons (Fsp3) is 0.520. The number of likely N-dealkylation sites (tertiary alicyclic amines) is 1. The summed E-state index contributed by atoms with van der Waals surface area (Å²) in [5.41, 5.74) is 0.419. The number of rotatable bonds is 2. The van der Waals surface area contributed by atoms with Crippen LogP contribution >= 0.6 is 0 Å². The number of methoxy groups -OCH3 is 1. The fourth-order valence-electron chi connectivity index (χ4n) is 4.69. The summed E-state index contributed by atoms with van der Waals surface area (Å²) in [4.78, 5) is 18.1. The third-order valence-corrected chi connectivity index (χ3v) is 6.21. The maximum absolute atomic E-state index is 13.4. The highest BCUT2D eigenvalue weighted by Gasteiger charge is 2.35. The summed E-state index contributed by atoms with van der Waals surface area (Å²) in [5.74, 6) is 0.580. The number of hydrogen-bond donors (Lipinski definition) is 1. The van der Waals surface area contributed by atoms with E-state index in [0.29, 0.717) is 41.6 Å². The van der Waals surface area contributed by atoms with Crippen molar-refractivity contribution in [1.82, 2.24) is 14.5 Å². The monoisotopic (exact) mass is 493 g/mol. The zero-order valence-electron chi connectivity index (χ0n) is 20.4. The molecule has 0 unspecified atom stereocenters. The predicted molar refractivity (Wildman–Crippen MR) is 126 cm³/mol. The van der Waals surface area contributed by atoms with Crippen molar-refractivity contribution < 1.29 is 32.5 Å². The molecule has 1 amide bonds. The van der Waals surface area contributed by atoms with Gasteiger partial charge in [0.25, 0.3) is 0 Å². The number of aliphatic hydroxyl groups excluding tert-OH is 1. The summed E-state index contributed by atoms with van der Waals surface area (Å²) in [6.07, 6.45) is -4.97. The van der Waals surface area contributed by atoms with Crippen LogP contribution in [0.5, 0.6) is 5.75 Å². The molecule has 1 saturated heterocycles.